The molecule has 1 aliphatic carbocycles. The van der Waals surface area contributed by atoms with Gasteiger partial charge in [-0.3, -0.25) is 0 Å². The summed E-state index contributed by atoms with van der Waals surface area (Å²) in [5.41, 5.74) is 0. The SMILES string of the molecule is CS(=O)(=O)CC1CC1. The van der Waals surface area contributed by atoms with Crippen LogP contribution in [0.1, 0.15) is 12.8 Å². The van der Waals surface area contributed by atoms with E-state index in [-0.39, 0.29) is 0 Å². The highest BCUT2D eigenvalue weighted by Crippen LogP contribution is 2.29. The summed E-state index contributed by atoms with van der Waals surface area (Å²) >= 11 is 0. The first-order chi connectivity index (χ1) is 3.58. The molecule has 48 valence electrons. The van der Waals surface area contributed by atoms with Gasteiger partial charge in [0.25, 0.3) is 0 Å². The highest BCUT2D eigenvalue weighted by atomic mass is 32.2. The molecule has 0 aromatic rings. The van der Waals surface area contributed by atoms with E-state index in [9.17, 15) is 8.42 Å². The fraction of sp³-hybridized carbons (Fsp3) is 1.00. The number of hydrogen-bond acceptors (Lipinski definition) is 2. The Morgan fingerprint density at radius 1 is 1.50 bits per heavy atom. The number of rotatable bonds is 2. The van der Waals surface area contributed by atoms with E-state index in [0.717, 1.165) is 12.8 Å². The fourth-order valence-electron chi connectivity index (χ4n) is 0.713. The van der Waals surface area contributed by atoms with Gasteiger partial charge in [0.1, 0.15) is 9.84 Å². The second-order valence-electron chi connectivity index (χ2n) is 2.54. The third kappa shape index (κ3) is 2.31. The lowest BCUT2D eigenvalue weighted by molar-refractivity contribution is 0.598. The minimum absolute atomic E-state index is 0.410. The van der Waals surface area contributed by atoms with E-state index >= 15 is 0 Å². The Bertz CT molecular complexity index is 165. The number of hydrogen-bond donors (Lipinski definition) is 0. The monoisotopic (exact) mass is 134 g/mol. The summed E-state index contributed by atoms with van der Waals surface area (Å²) in [5, 5.41) is 0. The Morgan fingerprint density at radius 2 is 2.00 bits per heavy atom. The van der Waals surface area contributed by atoms with E-state index < -0.39 is 9.84 Å². The van der Waals surface area contributed by atoms with Crippen LogP contribution in [0.15, 0.2) is 0 Å². The van der Waals surface area contributed by atoms with Gasteiger partial charge < -0.3 is 0 Å². The molecule has 0 unspecified atom stereocenters. The molecule has 0 saturated heterocycles. The second-order valence-corrected chi connectivity index (χ2v) is 4.72. The van der Waals surface area contributed by atoms with Gasteiger partial charge in [-0.25, -0.2) is 8.42 Å². The Balaban J connectivity index is 2.38. The zero-order chi connectivity index (χ0) is 6.20. The Morgan fingerprint density at radius 3 is 2.12 bits per heavy atom. The molecule has 0 aromatic heterocycles. The number of sulfone groups is 1. The van der Waals surface area contributed by atoms with Crippen molar-refractivity contribution >= 4 is 9.84 Å². The Kier molecular flexibility index (Phi) is 1.31. The van der Waals surface area contributed by atoms with Gasteiger partial charge >= 0.3 is 0 Å². The Labute approximate surface area is 49.8 Å². The molecular formula is C5H10O2S. The van der Waals surface area contributed by atoms with Crippen LogP contribution in [0.2, 0.25) is 0 Å². The summed E-state index contributed by atoms with van der Waals surface area (Å²) in [6, 6.07) is 0. The summed E-state index contributed by atoms with van der Waals surface area (Å²) in [6.07, 6.45) is 3.53. The van der Waals surface area contributed by atoms with Crippen LogP contribution >= 0.6 is 0 Å². The molecule has 0 N–H and O–H groups in total. The van der Waals surface area contributed by atoms with Crippen LogP contribution in [0, 0.1) is 5.92 Å². The van der Waals surface area contributed by atoms with Crippen LogP contribution in [-0.4, -0.2) is 20.4 Å². The second kappa shape index (κ2) is 1.72. The van der Waals surface area contributed by atoms with Gasteiger partial charge in [0, 0.05) is 6.26 Å². The summed E-state index contributed by atoms with van der Waals surface area (Å²) < 4.78 is 21.0. The Hall–Kier alpha value is -0.0500. The molecule has 0 heterocycles. The average Bonchev–Trinajstić information content (AvgIpc) is 2.12. The van der Waals surface area contributed by atoms with E-state index in [0.29, 0.717) is 11.7 Å². The molecule has 0 amide bonds. The van der Waals surface area contributed by atoms with Crippen molar-refractivity contribution in [2.75, 3.05) is 12.0 Å². The summed E-state index contributed by atoms with van der Waals surface area (Å²) in [5.74, 6) is 0.914. The van der Waals surface area contributed by atoms with Gasteiger partial charge in [-0.1, -0.05) is 0 Å². The van der Waals surface area contributed by atoms with Crippen molar-refractivity contribution in [3.63, 3.8) is 0 Å². The first-order valence-corrected chi connectivity index (χ1v) is 4.82. The maximum atomic E-state index is 10.5. The largest absolute Gasteiger partial charge is 0.229 e. The molecule has 3 heteroatoms. The lowest BCUT2D eigenvalue weighted by Gasteiger charge is -1.89. The van der Waals surface area contributed by atoms with Gasteiger partial charge in [0.05, 0.1) is 5.75 Å². The first-order valence-electron chi connectivity index (χ1n) is 2.76. The molecule has 1 fully saturated rings. The van der Waals surface area contributed by atoms with Crippen molar-refractivity contribution in [1.29, 1.82) is 0 Å². The van der Waals surface area contributed by atoms with Crippen LogP contribution in [0.5, 0.6) is 0 Å². The van der Waals surface area contributed by atoms with Crippen LogP contribution in [0.4, 0.5) is 0 Å². The van der Waals surface area contributed by atoms with Crippen LogP contribution in [0.3, 0.4) is 0 Å². The lowest BCUT2D eigenvalue weighted by Crippen LogP contribution is -2.03. The molecule has 0 bridgehead atoms. The topological polar surface area (TPSA) is 34.1 Å². The summed E-state index contributed by atoms with van der Waals surface area (Å²) in [4.78, 5) is 0. The van der Waals surface area contributed by atoms with Gasteiger partial charge in [0.15, 0.2) is 0 Å². The van der Waals surface area contributed by atoms with E-state index in [2.05, 4.69) is 0 Å². The van der Waals surface area contributed by atoms with E-state index in [1.807, 2.05) is 0 Å². The maximum Gasteiger partial charge on any atom is 0.147 e. The normalized spacial score (nSPS) is 21.1. The lowest BCUT2D eigenvalue weighted by atomic mass is 10.5. The predicted molar refractivity (Wildman–Crippen MR) is 32.4 cm³/mol. The van der Waals surface area contributed by atoms with E-state index in [4.69, 9.17) is 0 Å². The van der Waals surface area contributed by atoms with Gasteiger partial charge in [-0.05, 0) is 18.8 Å². The molecule has 0 aliphatic heterocycles. The van der Waals surface area contributed by atoms with Crippen molar-refractivity contribution < 1.29 is 8.42 Å². The molecule has 0 radical (unpaired) electrons. The van der Waals surface area contributed by atoms with Crippen LogP contribution < -0.4 is 0 Å². The van der Waals surface area contributed by atoms with E-state index in [1.54, 1.807) is 0 Å². The van der Waals surface area contributed by atoms with Crippen molar-refractivity contribution in [2.24, 2.45) is 5.92 Å². The molecule has 0 spiro atoms. The van der Waals surface area contributed by atoms with Gasteiger partial charge in [0.2, 0.25) is 0 Å². The fourth-order valence-corrected chi connectivity index (χ4v) is 1.90. The molecule has 0 aromatic carbocycles. The molecule has 1 rings (SSSR count). The van der Waals surface area contributed by atoms with Crippen LogP contribution in [0.25, 0.3) is 0 Å². The van der Waals surface area contributed by atoms with Gasteiger partial charge in [-0.15, -0.1) is 0 Å². The zero-order valence-corrected chi connectivity index (χ0v) is 5.74. The highest BCUT2D eigenvalue weighted by Gasteiger charge is 2.25. The quantitative estimate of drug-likeness (QED) is 0.549. The molecule has 2 nitrogen and oxygen atoms in total. The van der Waals surface area contributed by atoms with Crippen LogP contribution in [-0.2, 0) is 9.84 Å². The van der Waals surface area contributed by atoms with Crippen molar-refractivity contribution in [1.82, 2.24) is 0 Å². The average molecular weight is 134 g/mol. The third-order valence-corrected chi connectivity index (χ3v) is 2.31. The van der Waals surface area contributed by atoms with Crippen molar-refractivity contribution in [3.05, 3.63) is 0 Å². The first kappa shape index (κ1) is 6.08. The minimum Gasteiger partial charge on any atom is -0.229 e. The van der Waals surface area contributed by atoms with Gasteiger partial charge in [-0.2, -0.15) is 0 Å². The maximum absolute atomic E-state index is 10.5. The predicted octanol–water partition coefficient (Wildman–Crippen LogP) is 0.441. The van der Waals surface area contributed by atoms with Crippen molar-refractivity contribution in [2.45, 2.75) is 12.8 Å². The molecular weight excluding hydrogens is 124 g/mol. The van der Waals surface area contributed by atoms with E-state index in [1.165, 1.54) is 6.26 Å². The molecule has 0 atom stereocenters. The molecule has 1 aliphatic rings. The summed E-state index contributed by atoms with van der Waals surface area (Å²) in [7, 11) is -2.66. The smallest absolute Gasteiger partial charge is 0.147 e. The summed E-state index contributed by atoms with van der Waals surface area (Å²) in [6.45, 7) is 0. The van der Waals surface area contributed by atoms with Crippen molar-refractivity contribution in [3.8, 4) is 0 Å². The molecule has 1 saturated carbocycles. The standard InChI is InChI=1S/C5H10O2S/c1-8(6,7)4-5-2-3-5/h5H,2-4H2,1H3. The highest BCUT2D eigenvalue weighted by molar-refractivity contribution is 7.90. The minimum atomic E-state index is -2.66. The third-order valence-electron chi connectivity index (χ3n) is 1.24. The molecule has 8 heavy (non-hydrogen) atoms. The zero-order valence-electron chi connectivity index (χ0n) is 4.92.